The highest BCUT2D eigenvalue weighted by Gasteiger charge is 2.24. The SMILES string of the molecule is C=CC1CCC(NC(C)/C(=C\NC=O)C(C)C)C1. The van der Waals surface area contributed by atoms with Crippen LogP contribution in [0.15, 0.2) is 24.4 Å². The summed E-state index contributed by atoms with van der Waals surface area (Å²) >= 11 is 0. The second-order valence-electron chi connectivity index (χ2n) is 5.48. The van der Waals surface area contributed by atoms with Gasteiger partial charge in [0, 0.05) is 18.3 Å². The third-order valence-electron chi connectivity index (χ3n) is 3.78. The summed E-state index contributed by atoms with van der Waals surface area (Å²) < 4.78 is 0. The molecule has 18 heavy (non-hydrogen) atoms. The van der Waals surface area contributed by atoms with Crippen molar-refractivity contribution in [3.8, 4) is 0 Å². The van der Waals surface area contributed by atoms with Crippen molar-refractivity contribution in [2.75, 3.05) is 0 Å². The van der Waals surface area contributed by atoms with Crippen LogP contribution in [0.3, 0.4) is 0 Å². The van der Waals surface area contributed by atoms with Crippen molar-refractivity contribution >= 4 is 6.41 Å². The first-order valence-corrected chi connectivity index (χ1v) is 6.86. The Bertz CT molecular complexity index is 310. The first-order chi connectivity index (χ1) is 8.58. The molecular weight excluding hydrogens is 224 g/mol. The molecule has 2 N–H and O–H groups in total. The van der Waals surface area contributed by atoms with Crippen molar-refractivity contribution in [2.24, 2.45) is 11.8 Å². The molecule has 0 aromatic heterocycles. The Morgan fingerprint density at radius 3 is 2.56 bits per heavy atom. The van der Waals surface area contributed by atoms with Crippen molar-refractivity contribution < 1.29 is 4.79 Å². The lowest BCUT2D eigenvalue weighted by Gasteiger charge is -2.24. The van der Waals surface area contributed by atoms with E-state index in [1.54, 1.807) is 0 Å². The summed E-state index contributed by atoms with van der Waals surface area (Å²) in [6.45, 7) is 10.3. The van der Waals surface area contributed by atoms with E-state index < -0.39 is 0 Å². The number of amides is 1. The molecule has 3 unspecified atom stereocenters. The van der Waals surface area contributed by atoms with E-state index in [0.29, 0.717) is 23.9 Å². The highest BCUT2D eigenvalue weighted by atomic mass is 16.1. The van der Waals surface area contributed by atoms with E-state index in [9.17, 15) is 4.79 Å². The van der Waals surface area contributed by atoms with Crippen molar-refractivity contribution in [3.05, 3.63) is 24.4 Å². The fraction of sp³-hybridized carbons (Fsp3) is 0.667. The summed E-state index contributed by atoms with van der Waals surface area (Å²) in [5.41, 5.74) is 1.24. The lowest BCUT2D eigenvalue weighted by atomic mass is 9.97. The number of carbonyl (C=O) groups is 1. The van der Waals surface area contributed by atoms with Crippen LogP contribution in [0, 0.1) is 11.8 Å². The molecule has 3 atom stereocenters. The quantitative estimate of drug-likeness (QED) is 0.538. The van der Waals surface area contributed by atoms with Gasteiger partial charge in [-0.2, -0.15) is 0 Å². The first kappa shape index (κ1) is 15.0. The van der Waals surface area contributed by atoms with Crippen molar-refractivity contribution in [3.63, 3.8) is 0 Å². The third-order valence-corrected chi connectivity index (χ3v) is 3.78. The van der Waals surface area contributed by atoms with Gasteiger partial charge in [-0.25, -0.2) is 0 Å². The second kappa shape index (κ2) is 7.37. The van der Waals surface area contributed by atoms with Gasteiger partial charge in [0.25, 0.3) is 0 Å². The highest BCUT2D eigenvalue weighted by molar-refractivity contribution is 5.48. The fourth-order valence-corrected chi connectivity index (χ4v) is 2.75. The standard InChI is InChI=1S/C15H26N2O/c1-5-13-6-7-14(8-13)17-12(4)15(11(2)3)9-16-10-18/h5,9-14,17H,1,6-8H2,2-4H3,(H,16,18)/b15-9-. The van der Waals surface area contributed by atoms with Crippen molar-refractivity contribution in [1.29, 1.82) is 0 Å². The molecule has 0 heterocycles. The summed E-state index contributed by atoms with van der Waals surface area (Å²) in [7, 11) is 0. The molecule has 0 saturated heterocycles. The Morgan fingerprint density at radius 2 is 2.06 bits per heavy atom. The maximum atomic E-state index is 10.4. The van der Waals surface area contributed by atoms with E-state index in [4.69, 9.17) is 0 Å². The van der Waals surface area contributed by atoms with Gasteiger partial charge in [0.15, 0.2) is 0 Å². The summed E-state index contributed by atoms with van der Waals surface area (Å²) in [6, 6.07) is 0.868. The minimum Gasteiger partial charge on any atom is -0.335 e. The fourth-order valence-electron chi connectivity index (χ4n) is 2.75. The molecule has 0 aromatic rings. The monoisotopic (exact) mass is 250 g/mol. The van der Waals surface area contributed by atoms with E-state index in [1.807, 2.05) is 6.20 Å². The molecule has 1 aliphatic carbocycles. The molecule has 0 spiro atoms. The Kier molecular flexibility index (Phi) is 6.13. The van der Waals surface area contributed by atoms with E-state index in [-0.39, 0.29) is 0 Å². The maximum absolute atomic E-state index is 10.4. The molecule has 102 valence electrons. The van der Waals surface area contributed by atoms with Crippen molar-refractivity contribution in [2.45, 2.75) is 52.1 Å². The predicted molar refractivity (Wildman–Crippen MR) is 76.0 cm³/mol. The molecule has 1 fully saturated rings. The number of rotatable bonds is 7. The molecule has 3 heteroatoms. The Labute approximate surface area is 111 Å². The van der Waals surface area contributed by atoms with Crippen LogP contribution in [-0.4, -0.2) is 18.5 Å². The average Bonchev–Trinajstić information content (AvgIpc) is 2.76. The van der Waals surface area contributed by atoms with Crippen LogP contribution < -0.4 is 10.6 Å². The van der Waals surface area contributed by atoms with Crippen LogP contribution >= 0.6 is 0 Å². The molecular formula is C15H26N2O. The molecule has 1 rings (SSSR count). The maximum Gasteiger partial charge on any atom is 0.211 e. The molecule has 1 aliphatic rings. The normalized spacial score (nSPS) is 26.1. The minimum atomic E-state index is 0.297. The average molecular weight is 250 g/mol. The Balaban J connectivity index is 2.54. The van der Waals surface area contributed by atoms with Crippen molar-refractivity contribution in [1.82, 2.24) is 10.6 Å². The topological polar surface area (TPSA) is 41.1 Å². The zero-order valence-corrected chi connectivity index (χ0v) is 11.8. The molecule has 0 aliphatic heterocycles. The summed E-state index contributed by atoms with van der Waals surface area (Å²) in [6.07, 6.45) is 8.25. The van der Waals surface area contributed by atoms with Gasteiger partial charge >= 0.3 is 0 Å². The number of hydrogen-bond acceptors (Lipinski definition) is 2. The smallest absolute Gasteiger partial charge is 0.211 e. The first-order valence-electron chi connectivity index (χ1n) is 6.86. The Hall–Kier alpha value is -1.09. The lowest BCUT2D eigenvalue weighted by Crippen LogP contribution is -2.37. The number of hydrogen-bond donors (Lipinski definition) is 2. The zero-order valence-electron chi connectivity index (χ0n) is 11.8. The zero-order chi connectivity index (χ0) is 13.5. The van der Waals surface area contributed by atoms with Crippen LogP contribution in [0.5, 0.6) is 0 Å². The number of nitrogens with one attached hydrogen (secondary N) is 2. The molecule has 3 nitrogen and oxygen atoms in total. The second-order valence-corrected chi connectivity index (χ2v) is 5.48. The molecule has 0 aromatic carbocycles. The minimum absolute atomic E-state index is 0.297. The van der Waals surface area contributed by atoms with Gasteiger partial charge in [0.2, 0.25) is 6.41 Å². The van der Waals surface area contributed by atoms with Gasteiger partial charge in [-0.3, -0.25) is 4.79 Å². The summed E-state index contributed by atoms with van der Waals surface area (Å²) in [4.78, 5) is 10.4. The summed E-state index contributed by atoms with van der Waals surface area (Å²) in [5, 5.41) is 6.32. The largest absolute Gasteiger partial charge is 0.335 e. The predicted octanol–water partition coefficient (Wildman–Crippen LogP) is 2.61. The highest BCUT2D eigenvalue weighted by Crippen LogP contribution is 2.27. The van der Waals surface area contributed by atoms with Gasteiger partial charge in [-0.1, -0.05) is 19.9 Å². The van der Waals surface area contributed by atoms with E-state index in [2.05, 4.69) is 44.1 Å². The van der Waals surface area contributed by atoms with Crippen LogP contribution in [0.2, 0.25) is 0 Å². The van der Waals surface area contributed by atoms with Crippen LogP contribution in [0.1, 0.15) is 40.0 Å². The van der Waals surface area contributed by atoms with E-state index in [0.717, 1.165) is 6.41 Å². The lowest BCUT2D eigenvalue weighted by molar-refractivity contribution is -0.108. The van der Waals surface area contributed by atoms with E-state index >= 15 is 0 Å². The Morgan fingerprint density at radius 1 is 1.33 bits per heavy atom. The van der Waals surface area contributed by atoms with Crippen LogP contribution in [0.4, 0.5) is 0 Å². The number of allylic oxidation sites excluding steroid dienone is 1. The number of carbonyl (C=O) groups excluding carboxylic acids is 1. The van der Waals surface area contributed by atoms with Gasteiger partial charge in [0.1, 0.15) is 0 Å². The molecule has 0 radical (unpaired) electrons. The van der Waals surface area contributed by atoms with Gasteiger partial charge < -0.3 is 10.6 Å². The van der Waals surface area contributed by atoms with Crippen LogP contribution in [0.25, 0.3) is 0 Å². The van der Waals surface area contributed by atoms with E-state index in [1.165, 1.54) is 24.8 Å². The van der Waals surface area contributed by atoms with Gasteiger partial charge in [0.05, 0.1) is 0 Å². The van der Waals surface area contributed by atoms with Gasteiger partial charge in [-0.15, -0.1) is 6.58 Å². The van der Waals surface area contributed by atoms with Gasteiger partial charge in [-0.05, 0) is 43.6 Å². The molecule has 0 bridgehead atoms. The third kappa shape index (κ3) is 4.30. The molecule has 1 saturated carbocycles. The summed E-state index contributed by atoms with van der Waals surface area (Å²) in [5.74, 6) is 1.09. The van der Waals surface area contributed by atoms with Crippen LogP contribution in [-0.2, 0) is 4.79 Å². The molecule has 1 amide bonds.